The molecule has 0 aliphatic carbocycles. The molecule has 5 heteroatoms. The molecule has 0 spiro atoms. The Bertz CT molecular complexity index is 613. The summed E-state index contributed by atoms with van der Waals surface area (Å²) in [7, 11) is 0. The molecule has 0 radical (unpaired) electrons. The molecule has 5 nitrogen and oxygen atoms in total. The van der Waals surface area contributed by atoms with Crippen molar-refractivity contribution in [1.82, 2.24) is 9.97 Å². The molecule has 112 valence electrons. The number of benzene rings is 1. The molecule has 1 heterocycles. The summed E-state index contributed by atoms with van der Waals surface area (Å²) >= 11 is 0. The number of hydrogen-bond donors (Lipinski definition) is 2. The maximum Gasteiger partial charge on any atom is 0.161 e. The quantitative estimate of drug-likeness (QED) is 0.630. The Hall–Kier alpha value is -2.14. The Morgan fingerprint density at radius 1 is 1.24 bits per heavy atom. The summed E-state index contributed by atoms with van der Waals surface area (Å²) in [5.74, 6) is 7.74. The van der Waals surface area contributed by atoms with Gasteiger partial charge < -0.3 is 10.2 Å². The van der Waals surface area contributed by atoms with Crippen molar-refractivity contribution < 1.29 is 4.74 Å². The normalized spacial score (nSPS) is 10.5. The number of anilines is 1. The van der Waals surface area contributed by atoms with E-state index in [2.05, 4.69) is 29.2 Å². The highest BCUT2D eigenvalue weighted by Gasteiger charge is 2.11. The van der Waals surface area contributed by atoms with Crippen molar-refractivity contribution >= 4 is 5.82 Å². The summed E-state index contributed by atoms with van der Waals surface area (Å²) < 4.78 is 5.65. The van der Waals surface area contributed by atoms with E-state index in [9.17, 15) is 0 Å². The largest absolute Gasteiger partial charge is 0.494 e. The molecule has 0 unspecified atom stereocenters. The van der Waals surface area contributed by atoms with Gasteiger partial charge in [0, 0.05) is 16.8 Å². The molecule has 0 saturated carbocycles. The van der Waals surface area contributed by atoms with Crippen molar-refractivity contribution in [2.24, 2.45) is 5.84 Å². The van der Waals surface area contributed by atoms with Gasteiger partial charge in [0.05, 0.1) is 6.61 Å². The Morgan fingerprint density at radius 3 is 2.71 bits per heavy atom. The highest BCUT2D eigenvalue weighted by Crippen LogP contribution is 2.25. The first-order valence-corrected chi connectivity index (χ1v) is 7.27. The number of nitrogens with zero attached hydrogens (tertiary/aromatic N) is 2. The topological polar surface area (TPSA) is 73.1 Å². The molecule has 21 heavy (non-hydrogen) atoms. The van der Waals surface area contributed by atoms with Gasteiger partial charge in [0.15, 0.2) is 5.82 Å². The second-order valence-corrected chi connectivity index (χ2v) is 4.83. The van der Waals surface area contributed by atoms with E-state index in [1.807, 2.05) is 31.2 Å². The average Bonchev–Trinajstić information content (AvgIpc) is 2.52. The van der Waals surface area contributed by atoms with E-state index in [-0.39, 0.29) is 0 Å². The number of aromatic nitrogens is 2. The lowest BCUT2D eigenvalue weighted by Crippen LogP contribution is -2.13. The third kappa shape index (κ3) is 3.49. The van der Waals surface area contributed by atoms with Gasteiger partial charge in [-0.1, -0.05) is 26.0 Å². The van der Waals surface area contributed by atoms with Crippen molar-refractivity contribution in [2.75, 3.05) is 12.0 Å². The van der Waals surface area contributed by atoms with Gasteiger partial charge in [0.1, 0.15) is 11.6 Å². The van der Waals surface area contributed by atoms with Gasteiger partial charge in [-0.25, -0.2) is 15.8 Å². The van der Waals surface area contributed by atoms with Gasteiger partial charge >= 0.3 is 0 Å². The van der Waals surface area contributed by atoms with Crippen LogP contribution in [0.5, 0.6) is 5.75 Å². The number of nitrogen functional groups attached to an aromatic ring is 1. The second-order valence-electron chi connectivity index (χ2n) is 4.83. The minimum absolute atomic E-state index is 0.652. The molecule has 0 saturated heterocycles. The zero-order chi connectivity index (χ0) is 15.2. The van der Waals surface area contributed by atoms with Crippen molar-refractivity contribution in [3.63, 3.8) is 0 Å². The Balaban J connectivity index is 2.39. The maximum atomic E-state index is 5.65. The first-order chi connectivity index (χ1) is 10.2. The molecule has 0 bridgehead atoms. The van der Waals surface area contributed by atoms with Gasteiger partial charge in [0.2, 0.25) is 0 Å². The summed E-state index contributed by atoms with van der Waals surface area (Å²) in [6, 6.07) is 7.81. The Morgan fingerprint density at radius 2 is 2.05 bits per heavy atom. The molecule has 2 aromatic rings. The first-order valence-electron chi connectivity index (χ1n) is 7.27. The maximum absolute atomic E-state index is 5.65. The summed E-state index contributed by atoms with van der Waals surface area (Å²) in [4.78, 5) is 9.09. The van der Waals surface area contributed by atoms with Crippen LogP contribution in [0.4, 0.5) is 5.82 Å². The number of hydrazine groups is 1. The summed E-state index contributed by atoms with van der Waals surface area (Å²) in [5.41, 5.74) is 5.57. The summed E-state index contributed by atoms with van der Waals surface area (Å²) in [6.45, 7) is 6.82. The fraction of sp³-hybridized carbons (Fsp3) is 0.375. The molecule has 1 aromatic carbocycles. The SMILES string of the molecule is CCCOc1cccc(-c2nc(C)c(CC)c(NN)n2)c1. The van der Waals surface area contributed by atoms with Crippen LogP contribution in [0.2, 0.25) is 0 Å². The fourth-order valence-corrected chi connectivity index (χ4v) is 2.21. The van der Waals surface area contributed by atoms with Crippen LogP contribution < -0.4 is 16.0 Å². The van der Waals surface area contributed by atoms with E-state index in [1.54, 1.807) is 0 Å². The monoisotopic (exact) mass is 286 g/mol. The van der Waals surface area contributed by atoms with Crippen molar-refractivity contribution in [3.8, 4) is 17.1 Å². The molecule has 0 atom stereocenters. The van der Waals surface area contributed by atoms with Gasteiger partial charge in [-0.2, -0.15) is 0 Å². The molecule has 0 amide bonds. The van der Waals surface area contributed by atoms with Crippen molar-refractivity contribution in [1.29, 1.82) is 0 Å². The van der Waals surface area contributed by atoms with Crippen LogP contribution in [0, 0.1) is 6.92 Å². The Labute approximate surface area is 125 Å². The van der Waals surface area contributed by atoms with Crippen LogP contribution in [0.15, 0.2) is 24.3 Å². The first kappa shape index (κ1) is 15.3. The standard InChI is InChI=1S/C16H22N4O/c1-4-9-21-13-8-6-7-12(10-13)15-18-11(3)14(5-2)16(19-15)20-17/h6-8,10H,4-5,9,17H2,1-3H3,(H,18,19,20). The van der Waals surface area contributed by atoms with E-state index < -0.39 is 0 Å². The minimum atomic E-state index is 0.652. The van der Waals surface area contributed by atoms with E-state index in [1.165, 1.54) is 0 Å². The van der Waals surface area contributed by atoms with E-state index in [4.69, 9.17) is 10.6 Å². The number of aryl methyl sites for hydroxylation is 1. The molecule has 3 N–H and O–H groups in total. The Kier molecular flexibility index (Phi) is 5.11. The van der Waals surface area contributed by atoms with Crippen LogP contribution in [0.3, 0.4) is 0 Å². The lowest BCUT2D eigenvalue weighted by molar-refractivity contribution is 0.317. The zero-order valence-electron chi connectivity index (χ0n) is 12.8. The molecule has 0 fully saturated rings. The van der Waals surface area contributed by atoms with Crippen LogP contribution >= 0.6 is 0 Å². The molecule has 0 aliphatic heterocycles. The van der Waals surface area contributed by atoms with E-state index in [0.717, 1.165) is 35.4 Å². The number of ether oxygens (including phenoxy) is 1. The number of hydrogen-bond acceptors (Lipinski definition) is 5. The zero-order valence-corrected chi connectivity index (χ0v) is 12.8. The van der Waals surface area contributed by atoms with Crippen LogP contribution in [-0.4, -0.2) is 16.6 Å². The molecule has 0 aliphatic rings. The van der Waals surface area contributed by atoms with Crippen molar-refractivity contribution in [3.05, 3.63) is 35.5 Å². The number of nitrogens with two attached hydrogens (primary N) is 1. The number of rotatable bonds is 6. The van der Waals surface area contributed by atoms with E-state index in [0.29, 0.717) is 18.2 Å². The van der Waals surface area contributed by atoms with Gasteiger partial charge in [0.25, 0.3) is 0 Å². The van der Waals surface area contributed by atoms with Gasteiger partial charge in [-0.15, -0.1) is 0 Å². The summed E-state index contributed by atoms with van der Waals surface area (Å²) in [5, 5.41) is 0. The molecular formula is C16H22N4O. The van der Waals surface area contributed by atoms with Gasteiger partial charge in [-0.3, -0.25) is 0 Å². The lowest BCUT2D eigenvalue weighted by Gasteiger charge is -2.12. The van der Waals surface area contributed by atoms with Crippen LogP contribution in [0.25, 0.3) is 11.4 Å². The highest BCUT2D eigenvalue weighted by molar-refractivity contribution is 5.61. The molecule has 2 rings (SSSR count). The lowest BCUT2D eigenvalue weighted by atomic mass is 10.1. The van der Waals surface area contributed by atoms with Crippen molar-refractivity contribution in [2.45, 2.75) is 33.6 Å². The highest BCUT2D eigenvalue weighted by atomic mass is 16.5. The van der Waals surface area contributed by atoms with Crippen LogP contribution in [-0.2, 0) is 6.42 Å². The minimum Gasteiger partial charge on any atom is -0.494 e. The summed E-state index contributed by atoms with van der Waals surface area (Å²) in [6.07, 6.45) is 1.82. The molecular weight excluding hydrogens is 264 g/mol. The smallest absolute Gasteiger partial charge is 0.161 e. The second kappa shape index (κ2) is 7.04. The van der Waals surface area contributed by atoms with Gasteiger partial charge in [-0.05, 0) is 31.9 Å². The predicted octanol–water partition coefficient (Wildman–Crippen LogP) is 3.09. The third-order valence-corrected chi connectivity index (χ3v) is 3.27. The fourth-order valence-electron chi connectivity index (χ4n) is 2.21. The van der Waals surface area contributed by atoms with Crippen LogP contribution in [0.1, 0.15) is 31.5 Å². The molecule has 1 aromatic heterocycles. The average molecular weight is 286 g/mol. The predicted molar refractivity (Wildman–Crippen MR) is 85.2 cm³/mol. The third-order valence-electron chi connectivity index (χ3n) is 3.27. The number of nitrogens with one attached hydrogen (secondary N) is 1. The van der Waals surface area contributed by atoms with E-state index >= 15 is 0 Å².